The number of nitro benzene ring substituents is 1. The maximum absolute atomic E-state index is 11.2. The largest absolute Gasteiger partial charge is 0.432 e. The highest BCUT2D eigenvalue weighted by atomic mass is 16.6. The number of rotatable bonds is 4. The molecule has 0 aliphatic carbocycles. The Morgan fingerprint density at radius 2 is 2.05 bits per heavy atom. The van der Waals surface area contributed by atoms with Gasteiger partial charge in [-0.2, -0.15) is 0 Å². The Kier molecular flexibility index (Phi) is 4.18. The van der Waals surface area contributed by atoms with Crippen LogP contribution in [0.3, 0.4) is 0 Å². The minimum atomic E-state index is -0.454. The Hall–Kier alpha value is -2.47. The number of hydrogen-bond donors (Lipinski definition) is 1. The van der Waals surface area contributed by atoms with Crippen LogP contribution < -0.4 is 10.5 Å². The van der Waals surface area contributed by atoms with Crippen LogP contribution in [0.4, 0.5) is 5.69 Å². The normalized spacial score (nSPS) is 12.0. The van der Waals surface area contributed by atoms with Crippen LogP contribution in [0.25, 0.3) is 0 Å². The van der Waals surface area contributed by atoms with E-state index in [0.717, 1.165) is 11.1 Å². The zero-order valence-electron chi connectivity index (χ0n) is 12.2. The highest BCUT2D eigenvalue weighted by Crippen LogP contribution is 2.35. The average molecular weight is 287 g/mol. The predicted molar refractivity (Wildman–Crippen MR) is 79.5 cm³/mol. The fraction of sp³-hybridized carbons (Fsp3) is 0.267. The molecule has 2 aromatic rings. The summed E-state index contributed by atoms with van der Waals surface area (Å²) < 4.78 is 5.64. The van der Waals surface area contributed by atoms with Crippen LogP contribution in [0, 0.1) is 24.0 Å². The van der Waals surface area contributed by atoms with Crippen molar-refractivity contribution in [3.8, 4) is 11.6 Å². The summed E-state index contributed by atoms with van der Waals surface area (Å²) in [6.07, 6.45) is 1.57. The van der Waals surface area contributed by atoms with Gasteiger partial charge in [0.2, 0.25) is 11.6 Å². The van der Waals surface area contributed by atoms with E-state index < -0.39 is 4.92 Å². The fourth-order valence-electron chi connectivity index (χ4n) is 2.07. The van der Waals surface area contributed by atoms with Crippen LogP contribution in [0.2, 0.25) is 0 Å². The number of benzene rings is 1. The second-order valence-electron chi connectivity index (χ2n) is 5.01. The minimum absolute atomic E-state index is 0.0690. The lowest BCUT2D eigenvalue weighted by atomic mass is 10.1. The molecular formula is C15H17N3O3. The van der Waals surface area contributed by atoms with Gasteiger partial charge in [0.25, 0.3) is 0 Å². The molecule has 21 heavy (non-hydrogen) atoms. The standard InChI is InChI=1S/C15H17N3O3/c1-9-6-10(2)15(13(7-9)18(19)20)21-14-8-12(11(3)16)4-5-17-14/h4-8,11H,16H2,1-3H3/t11-/m1/s1. The second kappa shape index (κ2) is 5.88. The van der Waals surface area contributed by atoms with Crippen molar-refractivity contribution in [2.24, 2.45) is 5.73 Å². The van der Waals surface area contributed by atoms with E-state index in [1.54, 1.807) is 32.2 Å². The number of nitrogens with two attached hydrogens (primary N) is 1. The lowest BCUT2D eigenvalue weighted by Crippen LogP contribution is -2.05. The third-order valence-corrected chi connectivity index (χ3v) is 3.09. The van der Waals surface area contributed by atoms with Gasteiger partial charge in [-0.05, 0) is 43.5 Å². The van der Waals surface area contributed by atoms with Crippen molar-refractivity contribution in [2.45, 2.75) is 26.8 Å². The molecular weight excluding hydrogens is 270 g/mol. The van der Waals surface area contributed by atoms with Gasteiger partial charge in [0.05, 0.1) is 4.92 Å². The molecule has 0 saturated heterocycles. The van der Waals surface area contributed by atoms with Gasteiger partial charge in [-0.15, -0.1) is 0 Å². The SMILES string of the molecule is Cc1cc(C)c(Oc2cc([C@@H](C)N)ccn2)c([N+](=O)[O-])c1. The quantitative estimate of drug-likeness (QED) is 0.687. The molecule has 0 unspecified atom stereocenters. The first-order chi connectivity index (χ1) is 9.88. The van der Waals surface area contributed by atoms with Crippen molar-refractivity contribution in [2.75, 3.05) is 0 Å². The number of hydrogen-bond acceptors (Lipinski definition) is 5. The summed E-state index contributed by atoms with van der Waals surface area (Å²) in [5, 5.41) is 11.2. The summed E-state index contributed by atoms with van der Waals surface area (Å²) in [6, 6.07) is 6.63. The van der Waals surface area contributed by atoms with Gasteiger partial charge in [-0.1, -0.05) is 6.07 Å². The van der Waals surface area contributed by atoms with Gasteiger partial charge < -0.3 is 10.5 Å². The van der Waals surface area contributed by atoms with Crippen LogP contribution in [-0.2, 0) is 0 Å². The Morgan fingerprint density at radius 3 is 2.67 bits per heavy atom. The molecule has 1 heterocycles. The summed E-state index contributed by atoms with van der Waals surface area (Å²) in [5.41, 5.74) is 8.10. The van der Waals surface area contributed by atoms with Crippen molar-refractivity contribution in [1.82, 2.24) is 4.98 Å². The number of ether oxygens (including phenoxy) is 1. The van der Waals surface area contributed by atoms with Gasteiger partial charge in [0, 0.05) is 24.4 Å². The molecule has 0 fully saturated rings. The summed E-state index contributed by atoms with van der Waals surface area (Å²) >= 11 is 0. The van der Waals surface area contributed by atoms with Gasteiger partial charge >= 0.3 is 5.69 Å². The maximum Gasteiger partial charge on any atom is 0.312 e. The van der Waals surface area contributed by atoms with E-state index in [2.05, 4.69) is 4.98 Å². The number of aryl methyl sites for hydroxylation is 2. The topological polar surface area (TPSA) is 91.3 Å². The van der Waals surface area contributed by atoms with Crippen LogP contribution in [-0.4, -0.2) is 9.91 Å². The monoisotopic (exact) mass is 287 g/mol. The van der Waals surface area contributed by atoms with E-state index in [0.29, 0.717) is 11.4 Å². The number of pyridine rings is 1. The molecule has 1 aromatic heterocycles. The molecule has 0 spiro atoms. The van der Waals surface area contributed by atoms with E-state index >= 15 is 0 Å². The molecule has 0 saturated carbocycles. The zero-order chi connectivity index (χ0) is 15.6. The summed E-state index contributed by atoms with van der Waals surface area (Å²) in [7, 11) is 0. The molecule has 0 bridgehead atoms. The molecule has 0 radical (unpaired) electrons. The molecule has 0 amide bonds. The molecule has 0 aliphatic rings. The molecule has 1 aromatic carbocycles. The third kappa shape index (κ3) is 3.35. The molecule has 6 heteroatoms. The molecule has 110 valence electrons. The van der Waals surface area contributed by atoms with Gasteiger partial charge in [-0.25, -0.2) is 4.98 Å². The van der Waals surface area contributed by atoms with Gasteiger partial charge in [0.1, 0.15) is 0 Å². The molecule has 2 N–H and O–H groups in total. The van der Waals surface area contributed by atoms with E-state index in [4.69, 9.17) is 10.5 Å². The molecule has 2 rings (SSSR count). The second-order valence-corrected chi connectivity index (χ2v) is 5.01. The highest BCUT2D eigenvalue weighted by molar-refractivity contribution is 5.54. The zero-order valence-corrected chi connectivity index (χ0v) is 12.2. The van der Waals surface area contributed by atoms with Crippen LogP contribution >= 0.6 is 0 Å². The van der Waals surface area contributed by atoms with Crippen molar-refractivity contribution in [1.29, 1.82) is 0 Å². The van der Waals surface area contributed by atoms with E-state index in [1.165, 1.54) is 6.07 Å². The van der Waals surface area contributed by atoms with Crippen molar-refractivity contribution in [3.63, 3.8) is 0 Å². The number of nitrogens with zero attached hydrogens (tertiary/aromatic N) is 2. The Morgan fingerprint density at radius 1 is 1.33 bits per heavy atom. The Labute approximate surface area is 122 Å². The van der Waals surface area contributed by atoms with Crippen LogP contribution in [0.1, 0.15) is 29.7 Å². The van der Waals surface area contributed by atoms with Crippen LogP contribution in [0.15, 0.2) is 30.5 Å². The average Bonchev–Trinajstić information content (AvgIpc) is 2.41. The lowest BCUT2D eigenvalue weighted by molar-refractivity contribution is -0.385. The van der Waals surface area contributed by atoms with Crippen LogP contribution in [0.5, 0.6) is 11.6 Å². The molecule has 1 atom stereocenters. The third-order valence-electron chi connectivity index (χ3n) is 3.09. The Bertz CT molecular complexity index is 684. The first-order valence-electron chi connectivity index (χ1n) is 6.53. The van der Waals surface area contributed by atoms with Crippen molar-refractivity contribution in [3.05, 3.63) is 57.3 Å². The first-order valence-corrected chi connectivity index (χ1v) is 6.53. The van der Waals surface area contributed by atoms with Crippen molar-refractivity contribution >= 4 is 5.69 Å². The number of nitro groups is 1. The highest BCUT2D eigenvalue weighted by Gasteiger charge is 2.19. The van der Waals surface area contributed by atoms with Gasteiger partial charge in [-0.3, -0.25) is 10.1 Å². The van der Waals surface area contributed by atoms with Gasteiger partial charge in [0.15, 0.2) is 0 Å². The first kappa shape index (κ1) is 14.9. The minimum Gasteiger partial charge on any atom is -0.432 e. The molecule has 6 nitrogen and oxygen atoms in total. The fourth-order valence-corrected chi connectivity index (χ4v) is 2.07. The predicted octanol–water partition coefficient (Wildman–Crippen LogP) is 3.42. The lowest BCUT2D eigenvalue weighted by Gasteiger charge is -2.11. The maximum atomic E-state index is 11.2. The summed E-state index contributed by atoms with van der Waals surface area (Å²) in [5.74, 6) is 0.500. The van der Waals surface area contributed by atoms with E-state index in [9.17, 15) is 10.1 Å². The summed E-state index contributed by atoms with van der Waals surface area (Å²) in [4.78, 5) is 14.8. The summed E-state index contributed by atoms with van der Waals surface area (Å²) in [6.45, 7) is 5.42. The number of aromatic nitrogens is 1. The van der Waals surface area contributed by atoms with E-state index in [1.807, 2.05) is 13.0 Å². The molecule has 0 aliphatic heterocycles. The Balaban J connectivity index is 2.44. The smallest absolute Gasteiger partial charge is 0.312 e. The van der Waals surface area contributed by atoms with E-state index in [-0.39, 0.29) is 17.5 Å². The van der Waals surface area contributed by atoms with Crippen molar-refractivity contribution < 1.29 is 9.66 Å².